The lowest BCUT2D eigenvalue weighted by Crippen LogP contribution is -2.46. The molecule has 1 atom stereocenters. The van der Waals surface area contributed by atoms with Crippen LogP contribution in [0, 0.1) is 6.54 Å². The molecule has 0 aromatic rings. The first-order valence-corrected chi connectivity index (χ1v) is 5.26. The van der Waals surface area contributed by atoms with Crippen molar-refractivity contribution in [3.63, 3.8) is 0 Å². The lowest BCUT2D eigenvalue weighted by molar-refractivity contribution is 0.177. The summed E-state index contributed by atoms with van der Waals surface area (Å²) >= 11 is 0. The molecular formula is C10H19N2. The fraction of sp³-hybridized carbons (Fsp3) is 0.900. The largest absolute Gasteiger partial charge is 0.315 e. The number of nitrogens with zero attached hydrogens (tertiary/aromatic N) is 1. The Bertz CT molecular complexity index is 108. The van der Waals surface area contributed by atoms with Crippen LogP contribution in [-0.4, -0.2) is 30.6 Å². The van der Waals surface area contributed by atoms with Gasteiger partial charge in [0.25, 0.3) is 0 Å². The van der Waals surface area contributed by atoms with Crippen molar-refractivity contribution in [3.8, 4) is 0 Å². The zero-order valence-electron chi connectivity index (χ0n) is 7.76. The molecule has 2 rings (SSSR count). The van der Waals surface area contributed by atoms with Crippen LogP contribution in [0.3, 0.4) is 0 Å². The van der Waals surface area contributed by atoms with Gasteiger partial charge in [0.1, 0.15) is 0 Å². The van der Waals surface area contributed by atoms with Crippen molar-refractivity contribution in [2.75, 3.05) is 19.6 Å². The van der Waals surface area contributed by atoms with Crippen molar-refractivity contribution in [1.82, 2.24) is 10.2 Å². The zero-order valence-corrected chi connectivity index (χ0v) is 7.76. The van der Waals surface area contributed by atoms with Gasteiger partial charge in [0.05, 0.1) is 0 Å². The second-order valence-corrected chi connectivity index (χ2v) is 3.92. The number of piperidine rings is 2. The molecule has 2 heterocycles. The summed E-state index contributed by atoms with van der Waals surface area (Å²) in [4.78, 5) is 2.57. The fourth-order valence-corrected chi connectivity index (χ4v) is 2.24. The molecule has 0 aliphatic carbocycles. The summed E-state index contributed by atoms with van der Waals surface area (Å²) in [5.41, 5.74) is 0. The van der Waals surface area contributed by atoms with E-state index >= 15 is 0 Å². The van der Waals surface area contributed by atoms with E-state index < -0.39 is 0 Å². The standard InChI is InChI=1S/C10H19N2/c1-2-7-12(8-3-1)10-5-4-6-11-9-10/h7,10-11H,1-6,8-9H2. The number of hydrogen-bond donors (Lipinski definition) is 1. The molecule has 0 bridgehead atoms. The average molecular weight is 167 g/mol. The topological polar surface area (TPSA) is 15.3 Å². The maximum atomic E-state index is 3.47. The molecule has 2 aliphatic rings. The highest BCUT2D eigenvalue weighted by Crippen LogP contribution is 2.19. The second kappa shape index (κ2) is 4.24. The van der Waals surface area contributed by atoms with Crippen LogP contribution in [0.25, 0.3) is 0 Å². The molecule has 2 heteroatoms. The van der Waals surface area contributed by atoms with Gasteiger partial charge in [-0.05, 0) is 38.8 Å². The van der Waals surface area contributed by atoms with Crippen LogP contribution in [0.1, 0.15) is 32.1 Å². The smallest absolute Gasteiger partial charge is 0.0255 e. The van der Waals surface area contributed by atoms with Gasteiger partial charge >= 0.3 is 0 Å². The number of nitrogens with one attached hydrogen (secondary N) is 1. The third-order valence-corrected chi connectivity index (χ3v) is 2.97. The normalized spacial score (nSPS) is 33.5. The van der Waals surface area contributed by atoms with E-state index in [1.165, 1.54) is 51.7 Å². The molecule has 2 saturated heterocycles. The molecule has 1 N–H and O–H groups in total. The molecule has 0 saturated carbocycles. The SMILES string of the molecule is [CH]1CCCCN1C1CCCNC1. The van der Waals surface area contributed by atoms with Crippen LogP contribution in [0.5, 0.6) is 0 Å². The first-order chi connectivity index (χ1) is 5.97. The van der Waals surface area contributed by atoms with Crippen LogP contribution >= 0.6 is 0 Å². The Hall–Kier alpha value is -0.0800. The van der Waals surface area contributed by atoms with Crippen LogP contribution in [0.15, 0.2) is 0 Å². The minimum Gasteiger partial charge on any atom is -0.315 e. The first-order valence-electron chi connectivity index (χ1n) is 5.26. The third-order valence-electron chi connectivity index (χ3n) is 2.97. The summed E-state index contributed by atoms with van der Waals surface area (Å²) in [6, 6.07) is 0.805. The van der Waals surface area contributed by atoms with E-state index in [1.807, 2.05) is 0 Å². The molecule has 2 nitrogen and oxygen atoms in total. The Labute approximate surface area is 75.3 Å². The fourth-order valence-electron chi connectivity index (χ4n) is 2.24. The Morgan fingerprint density at radius 2 is 2.25 bits per heavy atom. The van der Waals surface area contributed by atoms with Crippen LogP contribution in [0.4, 0.5) is 0 Å². The minimum absolute atomic E-state index is 0.805. The van der Waals surface area contributed by atoms with E-state index in [9.17, 15) is 0 Å². The summed E-state index contributed by atoms with van der Waals surface area (Å²) in [7, 11) is 0. The molecule has 1 unspecified atom stereocenters. The molecule has 0 amide bonds. The number of rotatable bonds is 1. The lowest BCUT2D eigenvalue weighted by atomic mass is 10.0. The highest BCUT2D eigenvalue weighted by molar-refractivity contribution is 4.85. The van der Waals surface area contributed by atoms with Gasteiger partial charge in [-0.15, -0.1) is 0 Å². The lowest BCUT2D eigenvalue weighted by Gasteiger charge is -2.36. The number of likely N-dealkylation sites (tertiary alicyclic amines) is 1. The summed E-state index contributed by atoms with van der Waals surface area (Å²) in [6.07, 6.45) is 6.85. The third kappa shape index (κ3) is 1.99. The summed E-state index contributed by atoms with van der Waals surface area (Å²) in [6.45, 7) is 6.15. The Morgan fingerprint density at radius 1 is 1.25 bits per heavy atom. The van der Waals surface area contributed by atoms with Crippen molar-refractivity contribution in [1.29, 1.82) is 0 Å². The predicted molar refractivity (Wildman–Crippen MR) is 50.7 cm³/mol. The van der Waals surface area contributed by atoms with Crippen molar-refractivity contribution in [2.24, 2.45) is 0 Å². The van der Waals surface area contributed by atoms with Crippen molar-refractivity contribution in [2.45, 2.75) is 38.1 Å². The molecular weight excluding hydrogens is 148 g/mol. The molecule has 12 heavy (non-hydrogen) atoms. The van der Waals surface area contributed by atoms with Crippen molar-refractivity contribution in [3.05, 3.63) is 6.54 Å². The van der Waals surface area contributed by atoms with Gasteiger partial charge in [0, 0.05) is 19.1 Å². The first kappa shape index (κ1) is 8.52. The van der Waals surface area contributed by atoms with Crippen LogP contribution in [-0.2, 0) is 0 Å². The second-order valence-electron chi connectivity index (χ2n) is 3.92. The van der Waals surface area contributed by atoms with E-state index in [2.05, 4.69) is 16.8 Å². The van der Waals surface area contributed by atoms with E-state index in [1.54, 1.807) is 0 Å². The highest BCUT2D eigenvalue weighted by atomic mass is 15.2. The van der Waals surface area contributed by atoms with Gasteiger partial charge < -0.3 is 5.32 Å². The van der Waals surface area contributed by atoms with Crippen LogP contribution in [0.2, 0.25) is 0 Å². The maximum absolute atomic E-state index is 3.47. The molecule has 0 spiro atoms. The Kier molecular flexibility index (Phi) is 3.01. The van der Waals surface area contributed by atoms with Gasteiger partial charge in [-0.3, -0.25) is 4.90 Å². The maximum Gasteiger partial charge on any atom is 0.0255 e. The summed E-state index contributed by atoms with van der Waals surface area (Å²) < 4.78 is 0. The quantitative estimate of drug-likeness (QED) is 0.635. The Balaban J connectivity index is 1.80. The minimum atomic E-state index is 0.805. The summed E-state index contributed by atoms with van der Waals surface area (Å²) in [5.74, 6) is 0. The van der Waals surface area contributed by atoms with E-state index in [0.717, 1.165) is 6.04 Å². The molecule has 0 aromatic carbocycles. The molecule has 1 radical (unpaired) electrons. The summed E-state index contributed by atoms with van der Waals surface area (Å²) in [5, 5.41) is 3.47. The average Bonchev–Trinajstić information content (AvgIpc) is 2.21. The van der Waals surface area contributed by atoms with Gasteiger partial charge in [-0.1, -0.05) is 6.42 Å². The van der Waals surface area contributed by atoms with Crippen molar-refractivity contribution >= 4 is 0 Å². The van der Waals surface area contributed by atoms with Crippen molar-refractivity contribution < 1.29 is 0 Å². The molecule has 2 fully saturated rings. The van der Waals surface area contributed by atoms with E-state index in [4.69, 9.17) is 0 Å². The Morgan fingerprint density at radius 3 is 2.92 bits per heavy atom. The van der Waals surface area contributed by atoms with E-state index in [0.29, 0.717) is 0 Å². The van der Waals surface area contributed by atoms with E-state index in [-0.39, 0.29) is 0 Å². The van der Waals surface area contributed by atoms with Gasteiger partial charge in [0.15, 0.2) is 0 Å². The molecule has 2 aliphatic heterocycles. The molecule has 0 aromatic heterocycles. The highest BCUT2D eigenvalue weighted by Gasteiger charge is 2.21. The molecule has 69 valence electrons. The van der Waals surface area contributed by atoms with Gasteiger partial charge in [-0.25, -0.2) is 0 Å². The number of hydrogen-bond acceptors (Lipinski definition) is 2. The van der Waals surface area contributed by atoms with Gasteiger partial charge in [-0.2, -0.15) is 0 Å². The predicted octanol–water partition coefficient (Wildman–Crippen LogP) is 1.39. The zero-order chi connectivity index (χ0) is 8.23. The monoisotopic (exact) mass is 167 g/mol. The van der Waals surface area contributed by atoms with Crippen LogP contribution < -0.4 is 5.32 Å². The van der Waals surface area contributed by atoms with Gasteiger partial charge in [0.2, 0.25) is 0 Å².